The fourth-order valence-electron chi connectivity index (χ4n) is 1.78. The predicted molar refractivity (Wildman–Crippen MR) is 73.5 cm³/mol. The van der Waals surface area contributed by atoms with Gasteiger partial charge in [0, 0.05) is 12.7 Å². The van der Waals surface area contributed by atoms with Crippen molar-refractivity contribution >= 4 is 0 Å². The van der Waals surface area contributed by atoms with Gasteiger partial charge in [-0.2, -0.15) is 0 Å². The van der Waals surface area contributed by atoms with Crippen molar-refractivity contribution in [1.29, 1.82) is 0 Å². The highest BCUT2D eigenvalue weighted by atomic mass is 16.5. The van der Waals surface area contributed by atoms with Crippen molar-refractivity contribution in [2.75, 3.05) is 20.8 Å². The van der Waals surface area contributed by atoms with Crippen molar-refractivity contribution in [2.24, 2.45) is 0 Å². The van der Waals surface area contributed by atoms with E-state index in [1.54, 1.807) is 14.2 Å². The quantitative estimate of drug-likeness (QED) is 0.721. The molecule has 1 aromatic carbocycles. The molecule has 0 saturated carbocycles. The first kappa shape index (κ1) is 14.6. The molecule has 0 aliphatic heterocycles. The summed E-state index contributed by atoms with van der Waals surface area (Å²) in [4.78, 5) is 0. The lowest BCUT2D eigenvalue weighted by molar-refractivity contribution is 0.189. The second-order valence-electron chi connectivity index (χ2n) is 4.59. The van der Waals surface area contributed by atoms with Crippen molar-refractivity contribution in [3.63, 3.8) is 0 Å². The summed E-state index contributed by atoms with van der Waals surface area (Å²) in [6.07, 6.45) is 0. The molecule has 0 fully saturated rings. The van der Waals surface area contributed by atoms with Crippen LogP contribution in [-0.2, 0) is 4.74 Å². The third-order valence-corrected chi connectivity index (χ3v) is 2.71. The van der Waals surface area contributed by atoms with Crippen LogP contribution >= 0.6 is 0 Å². The average Bonchev–Trinajstić information content (AvgIpc) is 2.29. The number of hydrogen-bond acceptors (Lipinski definition) is 3. The maximum atomic E-state index is 5.75. The molecule has 0 unspecified atom stereocenters. The largest absolute Gasteiger partial charge is 0.496 e. The Morgan fingerprint density at radius 3 is 2.39 bits per heavy atom. The Kier molecular flexibility index (Phi) is 5.23. The summed E-state index contributed by atoms with van der Waals surface area (Å²) in [5.41, 5.74) is 2.15. The van der Waals surface area contributed by atoms with E-state index in [0.717, 1.165) is 22.6 Å². The van der Waals surface area contributed by atoms with Crippen LogP contribution in [0.2, 0.25) is 0 Å². The average molecular weight is 250 g/mol. The SMILES string of the molecule is C=C(COC)Oc1cc(C)c(OC)cc1C(C)C. The summed E-state index contributed by atoms with van der Waals surface area (Å²) in [5, 5.41) is 0. The van der Waals surface area contributed by atoms with Crippen LogP contribution in [0.15, 0.2) is 24.5 Å². The second-order valence-corrected chi connectivity index (χ2v) is 4.59. The van der Waals surface area contributed by atoms with Gasteiger partial charge in [0.1, 0.15) is 23.9 Å². The number of aryl methyl sites for hydroxylation is 1. The van der Waals surface area contributed by atoms with Crippen molar-refractivity contribution < 1.29 is 14.2 Å². The fourth-order valence-corrected chi connectivity index (χ4v) is 1.78. The monoisotopic (exact) mass is 250 g/mol. The fraction of sp³-hybridized carbons (Fsp3) is 0.467. The lowest BCUT2D eigenvalue weighted by Gasteiger charge is -2.17. The van der Waals surface area contributed by atoms with Crippen molar-refractivity contribution in [2.45, 2.75) is 26.7 Å². The van der Waals surface area contributed by atoms with E-state index in [2.05, 4.69) is 20.4 Å². The van der Waals surface area contributed by atoms with Crippen LogP contribution in [0, 0.1) is 6.92 Å². The van der Waals surface area contributed by atoms with E-state index in [-0.39, 0.29) is 0 Å². The molecule has 3 heteroatoms. The summed E-state index contributed by atoms with van der Waals surface area (Å²) in [6, 6.07) is 4.00. The van der Waals surface area contributed by atoms with Crippen LogP contribution in [0.4, 0.5) is 0 Å². The minimum atomic E-state index is 0.352. The second kappa shape index (κ2) is 6.45. The molecule has 0 bridgehead atoms. The third kappa shape index (κ3) is 3.50. The number of benzene rings is 1. The summed E-state index contributed by atoms with van der Waals surface area (Å²) < 4.78 is 16.1. The molecule has 18 heavy (non-hydrogen) atoms. The molecule has 1 aromatic rings. The number of ether oxygens (including phenoxy) is 3. The smallest absolute Gasteiger partial charge is 0.131 e. The molecule has 0 aromatic heterocycles. The molecule has 0 amide bonds. The molecule has 0 heterocycles. The number of hydrogen-bond donors (Lipinski definition) is 0. The zero-order valence-corrected chi connectivity index (χ0v) is 11.9. The highest BCUT2D eigenvalue weighted by molar-refractivity contribution is 5.47. The van der Waals surface area contributed by atoms with Crippen molar-refractivity contribution in [3.05, 3.63) is 35.6 Å². The summed E-state index contributed by atoms with van der Waals surface area (Å²) >= 11 is 0. The zero-order chi connectivity index (χ0) is 13.7. The molecule has 0 radical (unpaired) electrons. The van der Waals surface area contributed by atoms with Gasteiger partial charge < -0.3 is 14.2 Å². The first-order valence-corrected chi connectivity index (χ1v) is 6.02. The van der Waals surface area contributed by atoms with Gasteiger partial charge >= 0.3 is 0 Å². The van der Waals surface area contributed by atoms with Crippen LogP contribution in [0.5, 0.6) is 11.5 Å². The molecule has 1 rings (SSSR count). The maximum absolute atomic E-state index is 5.75. The van der Waals surface area contributed by atoms with Gasteiger partial charge in [0.05, 0.1) is 7.11 Å². The number of methoxy groups -OCH3 is 2. The third-order valence-electron chi connectivity index (χ3n) is 2.71. The van der Waals surface area contributed by atoms with E-state index >= 15 is 0 Å². The zero-order valence-electron chi connectivity index (χ0n) is 11.9. The topological polar surface area (TPSA) is 27.7 Å². The minimum Gasteiger partial charge on any atom is -0.496 e. The maximum Gasteiger partial charge on any atom is 0.131 e. The predicted octanol–water partition coefficient (Wildman–Crippen LogP) is 3.67. The van der Waals surface area contributed by atoms with E-state index in [1.165, 1.54) is 0 Å². The molecule has 0 aliphatic carbocycles. The Morgan fingerprint density at radius 2 is 1.89 bits per heavy atom. The molecule has 100 valence electrons. The van der Waals surface area contributed by atoms with E-state index in [9.17, 15) is 0 Å². The first-order valence-electron chi connectivity index (χ1n) is 6.02. The van der Waals surface area contributed by atoms with E-state index in [4.69, 9.17) is 14.2 Å². The highest BCUT2D eigenvalue weighted by Crippen LogP contribution is 2.34. The van der Waals surface area contributed by atoms with Gasteiger partial charge in [-0.15, -0.1) is 0 Å². The van der Waals surface area contributed by atoms with Crippen LogP contribution in [0.3, 0.4) is 0 Å². The van der Waals surface area contributed by atoms with Gasteiger partial charge in [-0.25, -0.2) is 0 Å². The summed E-state index contributed by atoms with van der Waals surface area (Å²) in [5.74, 6) is 2.66. The Hall–Kier alpha value is -1.48. The summed E-state index contributed by atoms with van der Waals surface area (Å²) in [7, 11) is 3.30. The molecule has 0 atom stereocenters. The van der Waals surface area contributed by atoms with Gasteiger partial charge in [0.15, 0.2) is 0 Å². The van der Waals surface area contributed by atoms with E-state index in [0.29, 0.717) is 18.3 Å². The van der Waals surface area contributed by atoms with Gasteiger partial charge in [0.2, 0.25) is 0 Å². The molecule has 0 spiro atoms. The highest BCUT2D eigenvalue weighted by Gasteiger charge is 2.13. The van der Waals surface area contributed by atoms with Crippen molar-refractivity contribution in [3.8, 4) is 11.5 Å². The van der Waals surface area contributed by atoms with E-state index < -0.39 is 0 Å². The molecular formula is C15H22O3. The Bertz CT molecular complexity index is 422. The van der Waals surface area contributed by atoms with Crippen LogP contribution in [-0.4, -0.2) is 20.8 Å². The van der Waals surface area contributed by atoms with Crippen LogP contribution in [0.1, 0.15) is 30.9 Å². The standard InChI is InChI=1S/C15H22O3/c1-10(2)13-8-14(17-6)11(3)7-15(13)18-12(4)9-16-5/h7-8,10H,4,9H2,1-3,5-6H3. The lowest BCUT2D eigenvalue weighted by Crippen LogP contribution is -2.04. The summed E-state index contributed by atoms with van der Waals surface area (Å²) in [6.45, 7) is 10.5. The molecule has 0 N–H and O–H groups in total. The van der Waals surface area contributed by atoms with Gasteiger partial charge in [-0.1, -0.05) is 20.4 Å². The Balaban J connectivity index is 3.09. The minimum absolute atomic E-state index is 0.352. The molecule has 0 saturated heterocycles. The number of rotatable bonds is 6. The molecule has 0 aliphatic rings. The Morgan fingerprint density at radius 1 is 1.22 bits per heavy atom. The Labute approximate surface area is 109 Å². The van der Waals surface area contributed by atoms with E-state index in [1.807, 2.05) is 19.1 Å². The lowest BCUT2D eigenvalue weighted by atomic mass is 10.00. The van der Waals surface area contributed by atoms with Crippen LogP contribution in [0.25, 0.3) is 0 Å². The van der Waals surface area contributed by atoms with Crippen molar-refractivity contribution in [1.82, 2.24) is 0 Å². The molecule has 3 nitrogen and oxygen atoms in total. The van der Waals surface area contributed by atoms with Gasteiger partial charge in [0.25, 0.3) is 0 Å². The normalized spacial score (nSPS) is 10.6. The first-order chi connectivity index (χ1) is 8.49. The van der Waals surface area contributed by atoms with Gasteiger partial charge in [-0.05, 0) is 30.5 Å². The van der Waals surface area contributed by atoms with Crippen LogP contribution < -0.4 is 9.47 Å². The van der Waals surface area contributed by atoms with Gasteiger partial charge in [-0.3, -0.25) is 0 Å². The molecular weight excluding hydrogens is 228 g/mol.